The molecular weight excluding hydrogens is 328 g/mol. The molecule has 0 amide bonds. The summed E-state index contributed by atoms with van der Waals surface area (Å²) >= 11 is 1.68. The Morgan fingerprint density at radius 1 is 0.640 bits per heavy atom. The molecule has 0 unspecified atom stereocenters. The van der Waals surface area contributed by atoms with Gasteiger partial charge in [-0.05, 0) is 35.0 Å². The molecule has 0 fully saturated rings. The number of hydrogen-bond donors (Lipinski definition) is 0. The molecule has 0 aliphatic carbocycles. The van der Waals surface area contributed by atoms with E-state index >= 15 is 0 Å². The minimum Gasteiger partial charge on any atom is -0.341 e. The molecule has 25 heavy (non-hydrogen) atoms. The number of hydrogen-bond acceptors (Lipinski definition) is 3. The topological polar surface area (TPSA) is 35.6 Å². The van der Waals surface area contributed by atoms with Gasteiger partial charge in [0.05, 0.1) is 13.1 Å². The molecule has 0 N–H and O–H groups in total. The summed E-state index contributed by atoms with van der Waals surface area (Å²) in [5, 5.41) is 13.4. The zero-order valence-corrected chi connectivity index (χ0v) is 14.4. The molecule has 0 atom stereocenters. The van der Waals surface area contributed by atoms with E-state index in [0.29, 0.717) is 0 Å². The summed E-state index contributed by atoms with van der Waals surface area (Å²) in [6.45, 7) is 1.52. The molecule has 0 radical (unpaired) electrons. The van der Waals surface area contributed by atoms with E-state index in [1.807, 2.05) is 0 Å². The van der Waals surface area contributed by atoms with Crippen LogP contribution in [0.1, 0.15) is 10.0 Å². The summed E-state index contributed by atoms with van der Waals surface area (Å²) in [6, 6.07) is 21.1. The zero-order valence-electron chi connectivity index (χ0n) is 13.5. The molecule has 3 heterocycles. The smallest absolute Gasteiger partial charge is 0.137 e. The summed E-state index contributed by atoms with van der Waals surface area (Å²) in [6.07, 6.45) is 4.23. The minimum absolute atomic E-state index is 0.762. The molecule has 0 saturated carbocycles. The van der Waals surface area contributed by atoms with Gasteiger partial charge in [0, 0.05) is 23.4 Å². The standard InChI is InChI=1S/C20H16N4S/c1-3-7-17-15(5-1)9-11-23(17)13-19-21-22-20(25-19)14-24-12-10-16-6-2-4-8-18(16)24/h1-12H,13-14H2. The molecule has 0 spiro atoms. The molecule has 0 bridgehead atoms. The highest BCUT2D eigenvalue weighted by molar-refractivity contribution is 7.11. The van der Waals surface area contributed by atoms with Crippen LogP contribution in [0.25, 0.3) is 21.8 Å². The summed E-state index contributed by atoms with van der Waals surface area (Å²) in [7, 11) is 0. The van der Waals surface area contributed by atoms with Crippen molar-refractivity contribution in [2.75, 3.05) is 0 Å². The van der Waals surface area contributed by atoms with E-state index in [-0.39, 0.29) is 0 Å². The van der Waals surface area contributed by atoms with Gasteiger partial charge in [-0.25, -0.2) is 0 Å². The van der Waals surface area contributed by atoms with Crippen molar-refractivity contribution in [1.29, 1.82) is 0 Å². The fourth-order valence-corrected chi connectivity index (χ4v) is 4.11. The third-order valence-corrected chi connectivity index (χ3v) is 5.37. The Hall–Kier alpha value is -2.92. The fourth-order valence-electron chi connectivity index (χ4n) is 3.26. The van der Waals surface area contributed by atoms with Crippen molar-refractivity contribution < 1.29 is 0 Å². The second-order valence-electron chi connectivity index (χ2n) is 6.09. The lowest BCUT2D eigenvalue weighted by molar-refractivity contribution is 0.785. The van der Waals surface area contributed by atoms with Crippen molar-refractivity contribution in [1.82, 2.24) is 19.3 Å². The summed E-state index contributed by atoms with van der Waals surface area (Å²) < 4.78 is 4.45. The van der Waals surface area contributed by atoms with E-state index in [2.05, 4.69) is 92.4 Å². The van der Waals surface area contributed by atoms with Crippen LogP contribution in [0, 0.1) is 0 Å². The molecule has 4 nitrogen and oxygen atoms in total. The van der Waals surface area contributed by atoms with Crippen molar-refractivity contribution in [2.24, 2.45) is 0 Å². The van der Waals surface area contributed by atoms with Gasteiger partial charge in [-0.15, -0.1) is 10.2 Å². The Morgan fingerprint density at radius 3 is 1.64 bits per heavy atom. The van der Waals surface area contributed by atoms with Crippen molar-refractivity contribution >= 4 is 33.1 Å². The molecule has 3 aromatic heterocycles. The second kappa shape index (κ2) is 5.86. The Bertz CT molecular complexity index is 1070. The number of aromatic nitrogens is 4. The Kier molecular flexibility index (Phi) is 3.38. The normalized spacial score (nSPS) is 11.5. The number of benzene rings is 2. The Balaban J connectivity index is 1.40. The predicted octanol–water partition coefficient (Wildman–Crippen LogP) is 4.54. The van der Waals surface area contributed by atoms with Gasteiger partial charge in [0.1, 0.15) is 10.0 Å². The molecule has 5 heteroatoms. The van der Waals surface area contributed by atoms with E-state index in [0.717, 1.165) is 23.1 Å². The van der Waals surface area contributed by atoms with Crippen LogP contribution in [0.15, 0.2) is 73.1 Å². The van der Waals surface area contributed by atoms with Gasteiger partial charge in [-0.1, -0.05) is 47.7 Å². The van der Waals surface area contributed by atoms with E-state index < -0.39 is 0 Å². The van der Waals surface area contributed by atoms with E-state index in [9.17, 15) is 0 Å². The van der Waals surface area contributed by atoms with Crippen molar-refractivity contribution in [3.05, 3.63) is 83.1 Å². The van der Waals surface area contributed by atoms with Gasteiger partial charge in [0.25, 0.3) is 0 Å². The first-order valence-electron chi connectivity index (χ1n) is 8.26. The third kappa shape index (κ3) is 2.62. The lowest BCUT2D eigenvalue weighted by atomic mass is 10.2. The largest absolute Gasteiger partial charge is 0.341 e. The lowest BCUT2D eigenvalue weighted by Gasteiger charge is -2.02. The summed E-state index contributed by atoms with van der Waals surface area (Å²) in [5.41, 5.74) is 2.46. The van der Waals surface area contributed by atoms with Gasteiger partial charge in [-0.2, -0.15) is 0 Å². The van der Waals surface area contributed by atoms with E-state index in [1.54, 1.807) is 11.3 Å². The number of fused-ring (bicyclic) bond motifs is 2. The highest BCUT2D eigenvalue weighted by Gasteiger charge is 2.09. The number of para-hydroxylation sites is 2. The van der Waals surface area contributed by atoms with Gasteiger partial charge in [0.2, 0.25) is 0 Å². The molecule has 5 aromatic rings. The first kappa shape index (κ1) is 14.4. The van der Waals surface area contributed by atoms with Gasteiger partial charge in [-0.3, -0.25) is 0 Å². The highest BCUT2D eigenvalue weighted by atomic mass is 32.1. The maximum Gasteiger partial charge on any atom is 0.137 e. The van der Waals surface area contributed by atoms with Crippen molar-refractivity contribution in [3.8, 4) is 0 Å². The van der Waals surface area contributed by atoms with Crippen LogP contribution in [-0.4, -0.2) is 19.3 Å². The monoisotopic (exact) mass is 344 g/mol. The summed E-state index contributed by atoms with van der Waals surface area (Å²) in [4.78, 5) is 0. The summed E-state index contributed by atoms with van der Waals surface area (Å²) in [5.74, 6) is 0. The number of nitrogens with zero attached hydrogens (tertiary/aromatic N) is 4. The third-order valence-electron chi connectivity index (χ3n) is 4.48. The molecular formula is C20H16N4S. The van der Waals surface area contributed by atoms with Gasteiger partial charge >= 0.3 is 0 Å². The quantitative estimate of drug-likeness (QED) is 0.480. The average molecular weight is 344 g/mol. The van der Waals surface area contributed by atoms with Crippen LogP contribution in [0.2, 0.25) is 0 Å². The first-order valence-corrected chi connectivity index (χ1v) is 9.07. The number of rotatable bonds is 4. The van der Waals surface area contributed by atoms with Crippen LogP contribution in [-0.2, 0) is 13.1 Å². The average Bonchev–Trinajstić information content (AvgIpc) is 3.36. The molecule has 122 valence electrons. The fraction of sp³-hybridized carbons (Fsp3) is 0.100. The molecule has 2 aromatic carbocycles. The molecule has 5 rings (SSSR count). The maximum absolute atomic E-state index is 4.39. The van der Waals surface area contributed by atoms with E-state index in [1.165, 1.54) is 21.8 Å². The second-order valence-corrected chi connectivity index (χ2v) is 7.24. The molecule has 0 saturated heterocycles. The predicted molar refractivity (Wildman–Crippen MR) is 102 cm³/mol. The molecule has 0 aliphatic heterocycles. The Labute approximate surface area is 149 Å². The van der Waals surface area contributed by atoms with Crippen LogP contribution < -0.4 is 0 Å². The van der Waals surface area contributed by atoms with Crippen LogP contribution >= 0.6 is 11.3 Å². The highest BCUT2D eigenvalue weighted by Crippen LogP contribution is 2.21. The van der Waals surface area contributed by atoms with Crippen LogP contribution in [0.3, 0.4) is 0 Å². The van der Waals surface area contributed by atoms with Crippen LogP contribution in [0.4, 0.5) is 0 Å². The minimum atomic E-state index is 0.762. The lowest BCUT2D eigenvalue weighted by Crippen LogP contribution is -1.97. The molecule has 0 aliphatic rings. The van der Waals surface area contributed by atoms with Crippen molar-refractivity contribution in [2.45, 2.75) is 13.1 Å². The van der Waals surface area contributed by atoms with E-state index in [4.69, 9.17) is 0 Å². The van der Waals surface area contributed by atoms with Crippen LogP contribution in [0.5, 0.6) is 0 Å². The van der Waals surface area contributed by atoms with Gasteiger partial charge in [0.15, 0.2) is 0 Å². The SMILES string of the molecule is c1ccc2c(c1)ccn2Cc1nnc(Cn2ccc3ccccc32)s1. The maximum atomic E-state index is 4.39. The zero-order chi connectivity index (χ0) is 16.6. The van der Waals surface area contributed by atoms with Gasteiger partial charge < -0.3 is 9.13 Å². The Morgan fingerprint density at radius 2 is 1.12 bits per heavy atom. The first-order chi connectivity index (χ1) is 12.4. The van der Waals surface area contributed by atoms with Crippen molar-refractivity contribution in [3.63, 3.8) is 0 Å².